The minimum absolute atomic E-state index is 0.0938. The van der Waals surface area contributed by atoms with Crippen LogP contribution < -0.4 is 4.74 Å². The summed E-state index contributed by atoms with van der Waals surface area (Å²) in [6.07, 6.45) is 7.64. The molecule has 0 saturated heterocycles. The molecule has 1 aromatic carbocycles. The molecule has 2 rings (SSSR count). The molecule has 0 radical (unpaired) electrons. The number of carbonyl (C=O) groups is 1. The summed E-state index contributed by atoms with van der Waals surface area (Å²) in [7, 11) is 1.72. The number of ether oxygens (including phenoxy) is 1. The highest BCUT2D eigenvalue weighted by atomic mass is 79.9. The van der Waals surface area contributed by atoms with Crippen molar-refractivity contribution in [1.82, 2.24) is 4.90 Å². The van der Waals surface area contributed by atoms with Crippen LogP contribution in [0, 0.1) is 12.3 Å². The van der Waals surface area contributed by atoms with Crippen LogP contribution in [-0.2, 0) is 4.79 Å². The molecule has 1 unspecified atom stereocenters. The predicted octanol–water partition coefficient (Wildman–Crippen LogP) is 3.27. The minimum atomic E-state index is -0.485. The fourth-order valence-electron chi connectivity index (χ4n) is 1.99. The second kappa shape index (κ2) is 6.34. The lowest BCUT2D eigenvalue weighted by molar-refractivity contribution is -0.126. The first-order valence-electron chi connectivity index (χ1n) is 6.02. The number of carbonyl (C=O) groups excluding carboxylic acids is 1. The molecule has 20 heavy (non-hydrogen) atoms. The summed E-state index contributed by atoms with van der Waals surface area (Å²) in [6.45, 7) is 0.223. The summed E-state index contributed by atoms with van der Waals surface area (Å²) in [5.74, 6) is 3.00. The van der Waals surface area contributed by atoms with Crippen LogP contribution in [0.25, 0.3) is 5.70 Å². The third-order valence-electron chi connectivity index (χ3n) is 3.02. The van der Waals surface area contributed by atoms with E-state index in [1.165, 1.54) is 0 Å². The SMILES string of the molecule is C#CCOc1ccc(C2=CCC(Cl)C(=O)N2C)c(Br)c1. The van der Waals surface area contributed by atoms with Crippen LogP contribution in [0.4, 0.5) is 0 Å². The standard InChI is InChI=1S/C15H13BrClNO2/c1-3-8-20-10-4-5-11(12(16)9-10)14-7-6-13(17)15(19)18(14)2/h1,4-5,7,9,13H,6,8H2,2H3. The second-order valence-corrected chi connectivity index (χ2v) is 5.71. The van der Waals surface area contributed by atoms with E-state index in [1.807, 2.05) is 24.3 Å². The number of terminal acetylenes is 1. The molecule has 1 aliphatic heterocycles. The Balaban J connectivity index is 2.30. The number of halogens is 2. The molecule has 0 spiro atoms. The Morgan fingerprint density at radius 1 is 1.60 bits per heavy atom. The van der Waals surface area contributed by atoms with Crippen molar-refractivity contribution in [2.45, 2.75) is 11.8 Å². The van der Waals surface area contributed by atoms with Gasteiger partial charge in [-0.25, -0.2) is 0 Å². The maximum atomic E-state index is 11.9. The van der Waals surface area contributed by atoms with Crippen LogP contribution in [0.15, 0.2) is 28.7 Å². The average molecular weight is 355 g/mol. The topological polar surface area (TPSA) is 29.5 Å². The quantitative estimate of drug-likeness (QED) is 0.616. The van der Waals surface area contributed by atoms with Gasteiger partial charge in [-0.3, -0.25) is 4.79 Å². The summed E-state index contributed by atoms with van der Waals surface area (Å²) in [5, 5.41) is -0.485. The van der Waals surface area contributed by atoms with Crippen LogP contribution in [-0.4, -0.2) is 29.8 Å². The van der Waals surface area contributed by atoms with Gasteiger partial charge >= 0.3 is 0 Å². The molecule has 3 nitrogen and oxygen atoms in total. The van der Waals surface area contributed by atoms with Crippen LogP contribution in [0.2, 0.25) is 0 Å². The van der Waals surface area contributed by atoms with Crippen molar-refractivity contribution in [1.29, 1.82) is 0 Å². The average Bonchev–Trinajstić information content (AvgIpc) is 2.44. The van der Waals surface area contributed by atoms with Crippen LogP contribution in [0.3, 0.4) is 0 Å². The Kier molecular flexibility index (Phi) is 4.74. The molecule has 0 aliphatic carbocycles. The molecule has 1 aliphatic rings. The third kappa shape index (κ3) is 3.00. The zero-order valence-electron chi connectivity index (χ0n) is 10.9. The highest BCUT2D eigenvalue weighted by Crippen LogP contribution is 2.33. The molecule has 1 heterocycles. The molecule has 0 aromatic heterocycles. The highest BCUT2D eigenvalue weighted by molar-refractivity contribution is 9.10. The number of amides is 1. The first kappa shape index (κ1) is 15.0. The van der Waals surface area contributed by atoms with Gasteiger partial charge < -0.3 is 9.64 Å². The van der Waals surface area contributed by atoms with Gasteiger partial charge in [0, 0.05) is 22.8 Å². The molecule has 1 aromatic rings. The Morgan fingerprint density at radius 2 is 2.35 bits per heavy atom. The van der Waals surface area contributed by atoms with Gasteiger partial charge in [-0.05, 0) is 40.5 Å². The fraction of sp³-hybridized carbons (Fsp3) is 0.267. The highest BCUT2D eigenvalue weighted by Gasteiger charge is 2.27. The summed E-state index contributed by atoms with van der Waals surface area (Å²) < 4.78 is 6.19. The molecule has 1 amide bonds. The number of hydrogen-bond donors (Lipinski definition) is 0. The van der Waals surface area contributed by atoms with Crippen molar-refractivity contribution >= 4 is 39.1 Å². The van der Waals surface area contributed by atoms with Crippen molar-refractivity contribution < 1.29 is 9.53 Å². The Labute approximate surface area is 131 Å². The van der Waals surface area contributed by atoms with Gasteiger partial charge in [0.1, 0.15) is 17.7 Å². The van der Waals surface area contributed by atoms with E-state index in [0.717, 1.165) is 15.7 Å². The minimum Gasteiger partial charge on any atom is -0.481 e. The number of nitrogens with zero attached hydrogens (tertiary/aromatic N) is 1. The molecule has 0 saturated carbocycles. The van der Waals surface area contributed by atoms with E-state index in [9.17, 15) is 4.79 Å². The number of rotatable bonds is 3. The van der Waals surface area contributed by atoms with E-state index in [1.54, 1.807) is 11.9 Å². The number of allylic oxidation sites excluding steroid dienone is 1. The van der Waals surface area contributed by atoms with Crippen molar-refractivity contribution in [2.75, 3.05) is 13.7 Å². The van der Waals surface area contributed by atoms with Gasteiger partial charge in [0.25, 0.3) is 0 Å². The van der Waals surface area contributed by atoms with Crippen LogP contribution in [0.5, 0.6) is 5.75 Å². The van der Waals surface area contributed by atoms with Gasteiger partial charge in [0.15, 0.2) is 0 Å². The molecular weight excluding hydrogens is 342 g/mol. The summed E-state index contributed by atoms with van der Waals surface area (Å²) >= 11 is 9.44. The van der Waals surface area contributed by atoms with Crippen molar-refractivity contribution in [2.24, 2.45) is 0 Å². The van der Waals surface area contributed by atoms with E-state index in [0.29, 0.717) is 12.2 Å². The lowest BCUT2D eigenvalue weighted by atomic mass is 10.0. The molecule has 0 fully saturated rings. The first-order valence-corrected chi connectivity index (χ1v) is 7.25. The van der Waals surface area contributed by atoms with Crippen molar-refractivity contribution in [3.63, 3.8) is 0 Å². The normalized spacial score (nSPS) is 18.5. The van der Waals surface area contributed by atoms with E-state index < -0.39 is 5.38 Å². The molecule has 0 N–H and O–H groups in total. The monoisotopic (exact) mass is 353 g/mol. The van der Waals surface area contributed by atoms with E-state index in [-0.39, 0.29) is 12.5 Å². The third-order valence-corrected chi connectivity index (χ3v) is 4.04. The lowest BCUT2D eigenvalue weighted by Gasteiger charge is -2.28. The van der Waals surface area contributed by atoms with Gasteiger partial charge in [0.2, 0.25) is 5.91 Å². The van der Waals surface area contributed by atoms with Gasteiger partial charge in [-0.1, -0.05) is 12.0 Å². The molecule has 104 valence electrons. The molecular formula is C15H13BrClNO2. The fourth-order valence-corrected chi connectivity index (χ4v) is 2.79. The van der Waals surface area contributed by atoms with Crippen LogP contribution in [0.1, 0.15) is 12.0 Å². The first-order chi connectivity index (χ1) is 9.54. The zero-order valence-corrected chi connectivity index (χ0v) is 13.2. The Bertz CT molecular complexity index is 606. The number of hydrogen-bond acceptors (Lipinski definition) is 2. The smallest absolute Gasteiger partial charge is 0.245 e. The maximum absolute atomic E-state index is 11.9. The molecule has 1 atom stereocenters. The van der Waals surface area contributed by atoms with Gasteiger partial charge in [-0.2, -0.15) is 0 Å². The van der Waals surface area contributed by atoms with Crippen molar-refractivity contribution in [3.8, 4) is 18.1 Å². The zero-order chi connectivity index (χ0) is 14.7. The van der Waals surface area contributed by atoms with Crippen molar-refractivity contribution in [3.05, 3.63) is 34.3 Å². The Morgan fingerprint density at radius 3 is 3.00 bits per heavy atom. The summed E-state index contributed by atoms with van der Waals surface area (Å²) in [5.41, 5.74) is 1.75. The van der Waals surface area contributed by atoms with Gasteiger partial charge in [-0.15, -0.1) is 18.0 Å². The van der Waals surface area contributed by atoms with Crippen LogP contribution >= 0.6 is 27.5 Å². The molecule has 0 bridgehead atoms. The summed E-state index contributed by atoms with van der Waals surface area (Å²) in [6, 6.07) is 5.54. The Hall–Kier alpha value is -1.44. The van der Waals surface area contributed by atoms with E-state index in [2.05, 4.69) is 21.9 Å². The van der Waals surface area contributed by atoms with E-state index in [4.69, 9.17) is 22.8 Å². The second-order valence-electron chi connectivity index (χ2n) is 4.32. The largest absolute Gasteiger partial charge is 0.481 e. The number of alkyl halides is 1. The number of benzene rings is 1. The van der Waals surface area contributed by atoms with E-state index >= 15 is 0 Å². The van der Waals surface area contributed by atoms with Gasteiger partial charge in [0.05, 0.1) is 0 Å². The molecule has 5 heteroatoms. The lowest BCUT2D eigenvalue weighted by Crippen LogP contribution is -2.35. The summed E-state index contributed by atoms with van der Waals surface area (Å²) in [4.78, 5) is 13.5. The predicted molar refractivity (Wildman–Crippen MR) is 83.5 cm³/mol. The maximum Gasteiger partial charge on any atom is 0.245 e.